The lowest BCUT2D eigenvalue weighted by molar-refractivity contribution is 0.0952. The summed E-state index contributed by atoms with van der Waals surface area (Å²) in [7, 11) is -1.54. The number of rotatable bonds is 6. The lowest BCUT2D eigenvalue weighted by Gasteiger charge is -2.13. The number of sulfone groups is 1. The molecular formula is C25H25N5O4S. The summed E-state index contributed by atoms with van der Waals surface area (Å²) in [4.78, 5) is 22.4. The minimum absolute atomic E-state index is 0.0107. The lowest BCUT2D eigenvalue weighted by Crippen LogP contribution is -2.23. The van der Waals surface area contributed by atoms with Crippen LogP contribution in [0, 0.1) is 6.92 Å². The zero-order chi connectivity index (χ0) is 24.6. The fraction of sp³-hybridized carbons (Fsp3) is 0.280. The first-order valence-corrected chi connectivity index (χ1v) is 13.1. The number of aryl methyl sites for hydroxylation is 1. The normalized spacial score (nSPS) is 16.9. The number of carbonyl (C=O) groups is 1. The average molecular weight is 492 g/mol. The third-order valence-corrected chi connectivity index (χ3v) is 7.93. The first kappa shape index (κ1) is 23.0. The molecule has 1 aromatic carbocycles. The predicted octanol–water partition coefficient (Wildman–Crippen LogP) is 3.10. The van der Waals surface area contributed by atoms with E-state index in [-0.39, 0.29) is 23.5 Å². The monoisotopic (exact) mass is 491 g/mol. The van der Waals surface area contributed by atoms with E-state index >= 15 is 0 Å². The van der Waals surface area contributed by atoms with E-state index in [1.165, 1.54) is 0 Å². The summed E-state index contributed by atoms with van der Waals surface area (Å²) in [6, 6.07) is 12.6. The van der Waals surface area contributed by atoms with Gasteiger partial charge in [0.25, 0.3) is 5.91 Å². The number of ether oxygens (including phenoxy) is 1. The largest absolute Gasteiger partial charge is 0.497 e. The molecule has 1 aliphatic heterocycles. The Morgan fingerprint density at radius 3 is 2.80 bits per heavy atom. The number of fused-ring (bicyclic) bond motifs is 1. The fourth-order valence-corrected chi connectivity index (χ4v) is 6.12. The second-order valence-corrected chi connectivity index (χ2v) is 10.8. The van der Waals surface area contributed by atoms with Gasteiger partial charge in [0, 0.05) is 24.5 Å². The van der Waals surface area contributed by atoms with Crippen LogP contribution in [0.4, 0.5) is 0 Å². The van der Waals surface area contributed by atoms with Gasteiger partial charge in [0.15, 0.2) is 15.5 Å². The van der Waals surface area contributed by atoms with E-state index in [9.17, 15) is 13.2 Å². The maximum atomic E-state index is 13.4. The minimum Gasteiger partial charge on any atom is -0.497 e. The van der Waals surface area contributed by atoms with Gasteiger partial charge in [-0.15, -0.1) is 0 Å². The molecule has 0 aliphatic carbocycles. The van der Waals surface area contributed by atoms with Crippen molar-refractivity contribution in [3.63, 3.8) is 0 Å². The first-order chi connectivity index (χ1) is 16.8. The molecule has 0 spiro atoms. The molecular weight excluding hydrogens is 466 g/mol. The van der Waals surface area contributed by atoms with Crippen LogP contribution in [0.2, 0.25) is 0 Å². The van der Waals surface area contributed by atoms with Crippen LogP contribution in [-0.2, 0) is 16.4 Å². The molecule has 1 fully saturated rings. The number of aromatic nitrogens is 4. The zero-order valence-electron chi connectivity index (χ0n) is 19.4. The molecule has 1 amide bonds. The van der Waals surface area contributed by atoms with Gasteiger partial charge in [-0.3, -0.25) is 9.78 Å². The maximum Gasteiger partial charge on any atom is 0.252 e. The highest BCUT2D eigenvalue weighted by Crippen LogP contribution is 2.32. The lowest BCUT2D eigenvalue weighted by atomic mass is 10.0. The summed E-state index contributed by atoms with van der Waals surface area (Å²) in [5, 5.41) is 8.22. The Hall–Kier alpha value is -3.79. The number of amides is 1. The smallest absolute Gasteiger partial charge is 0.252 e. The molecule has 5 rings (SSSR count). The van der Waals surface area contributed by atoms with Gasteiger partial charge in [0.05, 0.1) is 47.0 Å². The van der Waals surface area contributed by atoms with Crippen LogP contribution in [-0.4, -0.2) is 52.7 Å². The number of pyridine rings is 2. The van der Waals surface area contributed by atoms with E-state index in [2.05, 4.69) is 15.4 Å². The summed E-state index contributed by atoms with van der Waals surface area (Å²) < 4.78 is 31.4. The van der Waals surface area contributed by atoms with Crippen molar-refractivity contribution < 1.29 is 17.9 Å². The van der Waals surface area contributed by atoms with Crippen LogP contribution in [0.5, 0.6) is 5.75 Å². The minimum atomic E-state index is -3.13. The quantitative estimate of drug-likeness (QED) is 0.441. The molecule has 0 radical (unpaired) electrons. The molecule has 180 valence electrons. The van der Waals surface area contributed by atoms with Crippen molar-refractivity contribution >= 4 is 26.8 Å². The highest BCUT2D eigenvalue weighted by Gasteiger charge is 2.32. The zero-order valence-corrected chi connectivity index (χ0v) is 20.2. The molecule has 10 heteroatoms. The second-order valence-electron chi connectivity index (χ2n) is 8.62. The molecule has 1 aliphatic rings. The number of nitrogens with zero attached hydrogens (tertiary/aromatic N) is 4. The van der Waals surface area contributed by atoms with Gasteiger partial charge in [-0.2, -0.15) is 5.10 Å². The fourth-order valence-electron chi connectivity index (χ4n) is 4.43. The molecule has 1 atom stereocenters. The molecule has 0 saturated carbocycles. The number of hydrogen-bond acceptors (Lipinski definition) is 7. The summed E-state index contributed by atoms with van der Waals surface area (Å²) in [5.41, 5.74) is 3.78. The third kappa shape index (κ3) is 4.61. The Labute approximate surface area is 203 Å². The Bertz CT molecular complexity index is 1520. The van der Waals surface area contributed by atoms with Gasteiger partial charge in [0.2, 0.25) is 0 Å². The number of methoxy groups -OCH3 is 1. The summed E-state index contributed by atoms with van der Waals surface area (Å²) >= 11 is 0. The van der Waals surface area contributed by atoms with Gasteiger partial charge in [-0.05, 0) is 43.2 Å². The second kappa shape index (κ2) is 9.10. The molecule has 35 heavy (non-hydrogen) atoms. The van der Waals surface area contributed by atoms with Crippen molar-refractivity contribution in [1.82, 2.24) is 25.1 Å². The molecule has 1 N–H and O–H groups in total. The molecule has 9 nitrogen and oxygen atoms in total. The average Bonchev–Trinajstić information content (AvgIpc) is 3.41. The Morgan fingerprint density at radius 2 is 2.09 bits per heavy atom. The third-order valence-electron chi connectivity index (χ3n) is 6.18. The van der Waals surface area contributed by atoms with Crippen molar-refractivity contribution in [3.8, 4) is 17.0 Å². The first-order valence-electron chi connectivity index (χ1n) is 11.3. The number of carbonyl (C=O) groups excluding carboxylic acids is 1. The van der Waals surface area contributed by atoms with Gasteiger partial charge < -0.3 is 10.1 Å². The van der Waals surface area contributed by atoms with Crippen molar-refractivity contribution in [3.05, 3.63) is 71.7 Å². The number of benzene rings is 1. The van der Waals surface area contributed by atoms with Crippen LogP contribution in [0.25, 0.3) is 22.3 Å². The van der Waals surface area contributed by atoms with Gasteiger partial charge in [0.1, 0.15) is 5.75 Å². The molecule has 4 heterocycles. The van der Waals surface area contributed by atoms with E-state index in [0.29, 0.717) is 46.7 Å². The van der Waals surface area contributed by atoms with Gasteiger partial charge in [-0.1, -0.05) is 18.2 Å². The highest BCUT2D eigenvalue weighted by molar-refractivity contribution is 7.91. The standard InChI is InChI=1S/C25H25N5O4S/c1-16-23-21(25(31)27-14-17-5-4-9-26-13-17)12-22(18-6-3-7-20(11-18)34-2)28-24(23)30(29-16)19-8-10-35(32,33)15-19/h3-7,9,11-13,19H,8,10,14-15H2,1-2H3,(H,27,31)/t19-/m1/s1. The summed E-state index contributed by atoms with van der Waals surface area (Å²) in [6.07, 6.45) is 3.85. The van der Waals surface area contributed by atoms with Crippen molar-refractivity contribution in [2.75, 3.05) is 18.6 Å². The molecule has 4 aromatic rings. The maximum absolute atomic E-state index is 13.4. The molecule has 1 saturated heterocycles. The summed E-state index contributed by atoms with van der Waals surface area (Å²) in [6.45, 7) is 2.13. The van der Waals surface area contributed by atoms with Crippen LogP contribution in [0.1, 0.15) is 34.1 Å². The van der Waals surface area contributed by atoms with Gasteiger partial charge >= 0.3 is 0 Å². The highest BCUT2D eigenvalue weighted by atomic mass is 32.2. The van der Waals surface area contributed by atoms with E-state index in [1.807, 2.05) is 43.3 Å². The molecule has 0 bridgehead atoms. The Kier molecular flexibility index (Phi) is 5.98. The van der Waals surface area contributed by atoms with E-state index in [0.717, 1.165) is 11.1 Å². The molecule has 3 aromatic heterocycles. The Balaban J connectivity index is 1.63. The SMILES string of the molecule is COc1cccc(-c2cc(C(=O)NCc3cccnc3)c3c(C)nn([C@@H]4CCS(=O)(=O)C4)c3n2)c1. The van der Waals surface area contributed by atoms with E-state index < -0.39 is 9.84 Å². The van der Waals surface area contributed by atoms with Crippen molar-refractivity contribution in [2.45, 2.75) is 25.9 Å². The van der Waals surface area contributed by atoms with E-state index in [1.54, 1.807) is 30.3 Å². The van der Waals surface area contributed by atoms with Crippen molar-refractivity contribution in [1.29, 1.82) is 0 Å². The summed E-state index contributed by atoms with van der Waals surface area (Å²) in [5.74, 6) is 0.522. The molecule has 0 unspecified atom stereocenters. The topological polar surface area (TPSA) is 116 Å². The van der Waals surface area contributed by atoms with Crippen LogP contribution in [0.3, 0.4) is 0 Å². The van der Waals surface area contributed by atoms with Crippen LogP contribution >= 0.6 is 0 Å². The predicted molar refractivity (Wildman–Crippen MR) is 132 cm³/mol. The van der Waals surface area contributed by atoms with Gasteiger partial charge in [-0.25, -0.2) is 18.1 Å². The number of nitrogens with one attached hydrogen (secondary N) is 1. The Morgan fingerprint density at radius 1 is 1.23 bits per heavy atom. The van der Waals surface area contributed by atoms with Crippen molar-refractivity contribution in [2.24, 2.45) is 0 Å². The van der Waals surface area contributed by atoms with Crippen LogP contribution < -0.4 is 10.1 Å². The number of hydrogen-bond donors (Lipinski definition) is 1. The van der Waals surface area contributed by atoms with Crippen LogP contribution in [0.15, 0.2) is 54.9 Å². The van der Waals surface area contributed by atoms with E-state index in [4.69, 9.17) is 9.72 Å².